The fourth-order valence-electron chi connectivity index (χ4n) is 2.44. The second-order valence-corrected chi connectivity index (χ2v) is 5.60. The molecule has 0 aliphatic carbocycles. The predicted octanol–water partition coefficient (Wildman–Crippen LogP) is 2.80. The molecule has 0 aromatic heterocycles. The van der Waals surface area contributed by atoms with Crippen molar-refractivity contribution >= 4 is 23.4 Å². The molecule has 0 radical (unpaired) electrons. The Morgan fingerprint density at radius 1 is 1.31 bits per heavy atom. The SMILES string of the molecule is COC(=O)C=Cc1ccc(NC(CO)Cc2ccccc2)c([N+](=O)[O-])c1. The molecule has 26 heavy (non-hydrogen) atoms. The zero-order chi connectivity index (χ0) is 18.9. The minimum atomic E-state index is -0.543. The lowest BCUT2D eigenvalue weighted by molar-refractivity contribution is -0.384. The summed E-state index contributed by atoms with van der Waals surface area (Å²) in [6, 6.07) is 13.7. The molecule has 0 bridgehead atoms. The van der Waals surface area contributed by atoms with Crippen LogP contribution in [0, 0.1) is 10.1 Å². The summed E-state index contributed by atoms with van der Waals surface area (Å²) in [5.74, 6) is -0.543. The van der Waals surface area contributed by atoms with E-state index in [0.29, 0.717) is 17.7 Å². The summed E-state index contributed by atoms with van der Waals surface area (Å²) >= 11 is 0. The quantitative estimate of drug-likeness (QED) is 0.326. The van der Waals surface area contributed by atoms with Crippen molar-refractivity contribution in [3.8, 4) is 0 Å². The van der Waals surface area contributed by atoms with Gasteiger partial charge in [-0.25, -0.2) is 4.79 Å². The van der Waals surface area contributed by atoms with Gasteiger partial charge in [-0.05, 0) is 29.7 Å². The Hall–Kier alpha value is -3.19. The molecule has 2 aromatic rings. The van der Waals surface area contributed by atoms with Crippen molar-refractivity contribution in [1.82, 2.24) is 0 Å². The van der Waals surface area contributed by atoms with E-state index in [1.54, 1.807) is 12.1 Å². The van der Waals surface area contributed by atoms with Crippen LogP contribution in [-0.2, 0) is 16.0 Å². The molecule has 0 saturated carbocycles. The van der Waals surface area contributed by atoms with Crippen molar-refractivity contribution in [2.45, 2.75) is 12.5 Å². The zero-order valence-electron chi connectivity index (χ0n) is 14.3. The second kappa shape index (κ2) is 9.33. The molecule has 0 heterocycles. The van der Waals surface area contributed by atoms with Crippen LogP contribution >= 0.6 is 0 Å². The minimum Gasteiger partial charge on any atom is -0.466 e. The summed E-state index contributed by atoms with van der Waals surface area (Å²) < 4.78 is 4.50. The van der Waals surface area contributed by atoms with Gasteiger partial charge in [-0.2, -0.15) is 0 Å². The van der Waals surface area contributed by atoms with Crippen LogP contribution in [0.5, 0.6) is 0 Å². The van der Waals surface area contributed by atoms with Crippen LogP contribution in [0.1, 0.15) is 11.1 Å². The molecule has 0 spiro atoms. The molecule has 0 amide bonds. The van der Waals surface area contributed by atoms with Crippen molar-refractivity contribution in [3.63, 3.8) is 0 Å². The fraction of sp³-hybridized carbons (Fsp3) is 0.211. The molecule has 1 unspecified atom stereocenters. The van der Waals surface area contributed by atoms with Gasteiger partial charge >= 0.3 is 5.97 Å². The van der Waals surface area contributed by atoms with Gasteiger partial charge in [0, 0.05) is 12.1 Å². The predicted molar refractivity (Wildman–Crippen MR) is 98.8 cm³/mol. The first kappa shape index (κ1) is 19.1. The van der Waals surface area contributed by atoms with Crippen LogP contribution in [0.25, 0.3) is 6.08 Å². The van der Waals surface area contributed by atoms with E-state index in [1.807, 2.05) is 30.3 Å². The number of methoxy groups -OCH3 is 1. The molecular formula is C19H20N2O5. The van der Waals surface area contributed by atoms with Gasteiger partial charge in [0.1, 0.15) is 5.69 Å². The normalized spacial score (nSPS) is 11.9. The monoisotopic (exact) mass is 356 g/mol. The van der Waals surface area contributed by atoms with Gasteiger partial charge < -0.3 is 15.2 Å². The highest BCUT2D eigenvalue weighted by molar-refractivity contribution is 5.87. The number of aliphatic hydroxyl groups excluding tert-OH is 1. The van der Waals surface area contributed by atoms with Crippen molar-refractivity contribution in [2.75, 3.05) is 19.0 Å². The first-order chi connectivity index (χ1) is 12.5. The molecule has 0 fully saturated rings. The number of nitro benzene ring substituents is 1. The van der Waals surface area contributed by atoms with Crippen molar-refractivity contribution < 1.29 is 19.6 Å². The van der Waals surface area contributed by atoms with Crippen LogP contribution < -0.4 is 5.32 Å². The maximum atomic E-state index is 11.4. The lowest BCUT2D eigenvalue weighted by atomic mass is 10.1. The van der Waals surface area contributed by atoms with E-state index < -0.39 is 10.9 Å². The number of nitrogens with zero attached hydrogens (tertiary/aromatic N) is 1. The Kier molecular flexibility index (Phi) is 6.87. The number of esters is 1. The summed E-state index contributed by atoms with van der Waals surface area (Å²) in [6.07, 6.45) is 3.16. The van der Waals surface area contributed by atoms with Crippen LogP contribution in [0.2, 0.25) is 0 Å². The largest absolute Gasteiger partial charge is 0.466 e. The lowest BCUT2D eigenvalue weighted by Gasteiger charge is -2.18. The van der Waals surface area contributed by atoms with Crippen molar-refractivity contribution in [2.24, 2.45) is 0 Å². The summed E-state index contributed by atoms with van der Waals surface area (Å²) in [5, 5.41) is 24.0. The number of anilines is 1. The third kappa shape index (κ3) is 5.42. The average molecular weight is 356 g/mol. The number of carbonyl (C=O) groups excluding carboxylic acids is 1. The maximum Gasteiger partial charge on any atom is 0.330 e. The van der Waals surface area contributed by atoms with Gasteiger partial charge in [-0.1, -0.05) is 36.4 Å². The fourth-order valence-corrected chi connectivity index (χ4v) is 2.44. The van der Waals surface area contributed by atoms with Gasteiger partial charge in [-0.15, -0.1) is 0 Å². The first-order valence-corrected chi connectivity index (χ1v) is 7.99. The summed E-state index contributed by atoms with van der Waals surface area (Å²) in [5.41, 5.74) is 1.68. The van der Waals surface area contributed by atoms with E-state index in [1.165, 1.54) is 25.3 Å². The molecular weight excluding hydrogens is 336 g/mol. The van der Waals surface area contributed by atoms with E-state index in [4.69, 9.17) is 0 Å². The van der Waals surface area contributed by atoms with E-state index in [-0.39, 0.29) is 18.3 Å². The number of hydrogen-bond acceptors (Lipinski definition) is 6. The van der Waals surface area contributed by atoms with Crippen molar-refractivity contribution in [3.05, 3.63) is 75.8 Å². The van der Waals surface area contributed by atoms with Gasteiger partial charge in [0.25, 0.3) is 5.69 Å². The molecule has 1 atom stereocenters. The zero-order valence-corrected chi connectivity index (χ0v) is 14.3. The number of benzene rings is 2. The molecule has 0 aliphatic rings. The molecule has 2 N–H and O–H groups in total. The molecule has 2 aromatic carbocycles. The van der Waals surface area contributed by atoms with Crippen LogP contribution in [-0.4, -0.2) is 35.8 Å². The third-order valence-corrected chi connectivity index (χ3v) is 3.74. The smallest absolute Gasteiger partial charge is 0.330 e. The number of ether oxygens (including phenoxy) is 1. The van der Waals surface area contributed by atoms with Gasteiger partial charge in [0.2, 0.25) is 0 Å². The van der Waals surface area contributed by atoms with Crippen LogP contribution in [0.15, 0.2) is 54.6 Å². The highest BCUT2D eigenvalue weighted by Gasteiger charge is 2.17. The lowest BCUT2D eigenvalue weighted by Crippen LogP contribution is -2.26. The molecule has 2 rings (SSSR count). The van der Waals surface area contributed by atoms with E-state index in [0.717, 1.165) is 5.56 Å². The van der Waals surface area contributed by atoms with Gasteiger partial charge in [0.05, 0.1) is 24.7 Å². The maximum absolute atomic E-state index is 11.4. The summed E-state index contributed by atoms with van der Waals surface area (Å²) in [7, 11) is 1.25. The molecule has 0 aliphatic heterocycles. The first-order valence-electron chi connectivity index (χ1n) is 7.99. The Morgan fingerprint density at radius 2 is 2.04 bits per heavy atom. The number of rotatable bonds is 8. The van der Waals surface area contributed by atoms with Gasteiger partial charge in [-0.3, -0.25) is 10.1 Å². The van der Waals surface area contributed by atoms with E-state index >= 15 is 0 Å². The third-order valence-electron chi connectivity index (χ3n) is 3.74. The molecule has 0 saturated heterocycles. The Labute approximate surface area is 151 Å². The standard InChI is InChI=1S/C19H20N2O5/c1-26-19(23)10-8-15-7-9-17(18(12-15)21(24)25)20-16(13-22)11-14-5-3-2-4-6-14/h2-10,12,16,20,22H,11,13H2,1H3. The molecule has 7 nitrogen and oxygen atoms in total. The number of aliphatic hydroxyl groups is 1. The Balaban J connectivity index is 2.20. The number of carbonyl (C=O) groups is 1. The van der Waals surface area contributed by atoms with Gasteiger partial charge in [0.15, 0.2) is 0 Å². The average Bonchev–Trinajstić information content (AvgIpc) is 2.66. The number of hydrogen-bond donors (Lipinski definition) is 2. The van der Waals surface area contributed by atoms with E-state index in [2.05, 4.69) is 10.1 Å². The Morgan fingerprint density at radius 3 is 2.65 bits per heavy atom. The Bertz CT molecular complexity index is 790. The van der Waals surface area contributed by atoms with Crippen LogP contribution in [0.3, 0.4) is 0 Å². The number of nitro groups is 1. The molecule has 7 heteroatoms. The minimum absolute atomic E-state index is 0.136. The second-order valence-electron chi connectivity index (χ2n) is 5.60. The summed E-state index contributed by atoms with van der Waals surface area (Å²) in [4.78, 5) is 22.0. The van der Waals surface area contributed by atoms with Crippen LogP contribution in [0.4, 0.5) is 11.4 Å². The van der Waals surface area contributed by atoms with E-state index in [9.17, 15) is 20.0 Å². The topological polar surface area (TPSA) is 102 Å². The highest BCUT2D eigenvalue weighted by atomic mass is 16.6. The number of nitrogens with one attached hydrogen (secondary N) is 1. The van der Waals surface area contributed by atoms with Crippen molar-refractivity contribution in [1.29, 1.82) is 0 Å². The summed E-state index contributed by atoms with van der Waals surface area (Å²) in [6.45, 7) is -0.171. The highest BCUT2D eigenvalue weighted by Crippen LogP contribution is 2.27. The molecule has 136 valence electrons.